The van der Waals surface area contributed by atoms with Gasteiger partial charge in [0, 0.05) is 29.6 Å². The molecule has 0 spiro atoms. The minimum absolute atomic E-state index is 0.769. The van der Waals surface area contributed by atoms with Crippen molar-refractivity contribution >= 4 is 22.6 Å². The standard InChI is InChI=1S/C11H14N2O2S/c1-14-9-5-8(6-10(7-9)15-2)13-11-12-3-4-16-11/h5-7H,3-4H2,1-2H3,(H,12,13). The summed E-state index contributed by atoms with van der Waals surface area (Å²) in [5, 5.41) is 4.20. The van der Waals surface area contributed by atoms with E-state index in [0.717, 1.165) is 34.7 Å². The lowest BCUT2D eigenvalue weighted by Crippen LogP contribution is -2.05. The van der Waals surface area contributed by atoms with E-state index < -0.39 is 0 Å². The fraction of sp³-hybridized carbons (Fsp3) is 0.364. The van der Waals surface area contributed by atoms with Crippen molar-refractivity contribution in [3.05, 3.63) is 18.2 Å². The lowest BCUT2D eigenvalue weighted by atomic mass is 10.3. The van der Waals surface area contributed by atoms with Crippen molar-refractivity contribution in [1.82, 2.24) is 0 Å². The highest BCUT2D eigenvalue weighted by Crippen LogP contribution is 2.27. The van der Waals surface area contributed by atoms with Gasteiger partial charge in [0.05, 0.1) is 20.8 Å². The average Bonchev–Trinajstić information content (AvgIpc) is 2.81. The number of methoxy groups -OCH3 is 2. The molecule has 5 heteroatoms. The van der Waals surface area contributed by atoms with Gasteiger partial charge < -0.3 is 14.8 Å². The smallest absolute Gasteiger partial charge is 0.161 e. The molecule has 86 valence electrons. The van der Waals surface area contributed by atoms with Crippen LogP contribution in [0.4, 0.5) is 5.69 Å². The largest absolute Gasteiger partial charge is 0.497 e. The lowest BCUT2D eigenvalue weighted by molar-refractivity contribution is 0.395. The molecule has 1 N–H and O–H groups in total. The molecular weight excluding hydrogens is 224 g/mol. The maximum Gasteiger partial charge on any atom is 0.161 e. The summed E-state index contributed by atoms with van der Waals surface area (Å²) < 4.78 is 10.4. The first-order valence-electron chi connectivity index (χ1n) is 4.99. The second kappa shape index (κ2) is 5.12. The summed E-state index contributed by atoms with van der Waals surface area (Å²) in [6.45, 7) is 0.883. The lowest BCUT2D eigenvalue weighted by Gasteiger charge is -2.09. The summed E-state index contributed by atoms with van der Waals surface area (Å²) in [6, 6.07) is 5.68. The van der Waals surface area contributed by atoms with E-state index in [4.69, 9.17) is 9.47 Å². The molecule has 1 heterocycles. The SMILES string of the molecule is COc1cc(NC2=NCCS2)cc(OC)c1. The van der Waals surface area contributed by atoms with Crippen molar-refractivity contribution in [3.63, 3.8) is 0 Å². The molecule has 0 aromatic heterocycles. The average molecular weight is 238 g/mol. The van der Waals surface area contributed by atoms with E-state index in [0.29, 0.717) is 0 Å². The van der Waals surface area contributed by atoms with Gasteiger partial charge in [-0.05, 0) is 0 Å². The first kappa shape index (κ1) is 11.1. The Hall–Kier alpha value is -1.36. The summed E-state index contributed by atoms with van der Waals surface area (Å²) >= 11 is 1.72. The predicted octanol–water partition coefficient (Wildman–Crippen LogP) is 2.22. The number of rotatable bonds is 3. The van der Waals surface area contributed by atoms with Crippen LogP contribution in [0, 0.1) is 0 Å². The third-order valence-corrected chi connectivity index (χ3v) is 3.08. The Morgan fingerprint density at radius 3 is 2.38 bits per heavy atom. The topological polar surface area (TPSA) is 42.8 Å². The van der Waals surface area contributed by atoms with E-state index in [1.165, 1.54) is 0 Å². The van der Waals surface area contributed by atoms with Crippen LogP contribution in [0.25, 0.3) is 0 Å². The van der Waals surface area contributed by atoms with Crippen LogP contribution in [0.2, 0.25) is 0 Å². The van der Waals surface area contributed by atoms with Gasteiger partial charge in [-0.25, -0.2) is 0 Å². The number of nitrogens with zero attached hydrogens (tertiary/aromatic N) is 1. The molecule has 0 unspecified atom stereocenters. The zero-order chi connectivity index (χ0) is 11.4. The maximum atomic E-state index is 5.20. The van der Waals surface area contributed by atoms with Gasteiger partial charge in [-0.15, -0.1) is 0 Å². The molecule has 0 atom stereocenters. The van der Waals surface area contributed by atoms with Crippen LogP contribution in [-0.2, 0) is 0 Å². The molecule has 2 rings (SSSR count). The predicted molar refractivity (Wildman–Crippen MR) is 67.9 cm³/mol. The number of benzene rings is 1. The summed E-state index contributed by atoms with van der Waals surface area (Å²) in [7, 11) is 3.28. The van der Waals surface area contributed by atoms with Crippen molar-refractivity contribution in [2.24, 2.45) is 4.99 Å². The van der Waals surface area contributed by atoms with E-state index in [2.05, 4.69) is 10.3 Å². The normalized spacial score (nSPS) is 14.5. The Balaban J connectivity index is 2.18. The summed E-state index contributed by atoms with van der Waals surface area (Å²) in [5.74, 6) is 2.58. The molecule has 1 aliphatic heterocycles. The van der Waals surface area contributed by atoms with E-state index in [9.17, 15) is 0 Å². The molecule has 0 amide bonds. The number of ether oxygens (including phenoxy) is 2. The number of nitrogens with one attached hydrogen (secondary N) is 1. The fourth-order valence-corrected chi connectivity index (χ4v) is 2.16. The Labute approximate surface area is 99.0 Å². The van der Waals surface area contributed by atoms with E-state index in [1.54, 1.807) is 26.0 Å². The van der Waals surface area contributed by atoms with Gasteiger partial charge in [0.1, 0.15) is 11.5 Å². The van der Waals surface area contributed by atoms with Gasteiger partial charge in [0.15, 0.2) is 5.17 Å². The summed E-state index contributed by atoms with van der Waals surface area (Å²) in [6.07, 6.45) is 0. The van der Waals surface area contributed by atoms with Gasteiger partial charge in [-0.3, -0.25) is 4.99 Å². The van der Waals surface area contributed by atoms with Gasteiger partial charge in [0.2, 0.25) is 0 Å². The van der Waals surface area contributed by atoms with Crippen LogP contribution in [0.15, 0.2) is 23.2 Å². The molecule has 0 saturated carbocycles. The number of aliphatic imine (C=N–C) groups is 1. The van der Waals surface area contributed by atoms with Crippen molar-refractivity contribution < 1.29 is 9.47 Å². The van der Waals surface area contributed by atoms with Gasteiger partial charge in [0.25, 0.3) is 0 Å². The Bertz CT molecular complexity index is 385. The Morgan fingerprint density at radius 2 is 1.88 bits per heavy atom. The molecule has 0 saturated heterocycles. The number of anilines is 1. The molecular formula is C11H14N2O2S. The van der Waals surface area contributed by atoms with Crippen LogP contribution < -0.4 is 14.8 Å². The number of hydrogen-bond donors (Lipinski definition) is 1. The minimum atomic E-state index is 0.769. The third kappa shape index (κ3) is 2.61. The molecule has 0 aliphatic carbocycles. The molecule has 16 heavy (non-hydrogen) atoms. The molecule has 0 bridgehead atoms. The highest BCUT2D eigenvalue weighted by Gasteiger charge is 2.08. The second-order valence-corrected chi connectivity index (χ2v) is 4.35. The zero-order valence-electron chi connectivity index (χ0n) is 9.32. The third-order valence-electron chi connectivity index (χ3n) is 2.19. The number of amidine groups is 1. The minimum Gasteiger partial charge on any atom is -0.497 e. The van der Waals surface area contributed by atoms with Crippen molar-refractivity contribution in [1.29, 1.82) is 0 Å². The van der Waals surface area contributed by atoms with Crippen molar-refractivity contribution in [2.45, 2.75) is 0 Å². The molecule has 4 nitrogen and oxygen atoms in total. The van der Waals surface area contributed by atoms with Crippen LogP contribution in [0.5, 0.6) is 11.5 Å². The van der Waals surface area contributed by atoms with Crippen LogP contribution in [0.1, 0.15) is 0 Å². The van der Waals surface area contributed by atoms with Gasteiger partial charge >= 0.3 is 0 Å². The highest BCUT2D eigenvalue weighted by atomic mass is 32.2. The van der Waals surface area contributed by atoms with E-state index in [1.807, 2.05) is 18.2 Å². The number of hydrogen-bond acceptors (Lipinski definition) is 5. The maximum absolute atomic E-state index is 5.20. The van der Waals surface area contributed by atoms with E-state index >= 15 is 0 Å². The quantitative estimate of drug-likeness (QED) is 0.876. The monoisotopic (exact) mass is 238 g/mol. The fourth-order valence-electron chi connectivity index (χ4n) is 1.41. The van der Waals surface area contributed by atoms with Crippen molar-refractivity contribution in [3.8, 4) is 11.5 Å². The Morgan fingerprint density at radius 1 is 1.19 bits per heavy atom. The second-order valence-electron chi connectivity index (χ2n) is 3.26. The zero-order valence-corrected chi connectivity index (χ0v) is 10.1. The first-order valence-corrected chi connectivity index (χ1v) is 5.98. The molecule has 0 fully saturated rings. The van der Waals surface area contributed by atoms with Gasteiger partial charge in [-0.2, -0.15) is 0 Å². The summed E-state index contributed by atoms with van der Waals surface area (Å²) in [4.78, 5) is 4.33. The molecule has 1 aromatic rings. The van der Waals surface area contributed by atoms with Crippen LogP contribution in [0.3, 0.4) is 0 Å². The molecule has 0 radical (unpaired) electrons. The van der Waals surface area contributed by atoms with Crippen molar-refractivity contribution in [2.75, 3.05) is 31.8 Å². The Kier molecular flexibility index (Phi) is 3.56. The first-order chi connectivity index (χ1) is 7.81. The van der Waals surface area contributed by atoms with Crippen LogP contribution in [-0.4, -0.2) is 31.7 Å². The van der Waals surface area contributed by atoms with Crippen LogP contribution >= 0.6 is 11.8 Å². The molecule has 1 aliphatic rings. The highest BCUT2D eigenvalue weighted by molar-refractivity contribution is 8.14. The van der Waals surface area contributed by atoms with Gasteiger partial charge in [-0.1, -0.05) is 11.8 Å². The summed E-state index contributed by atoms with van der Waals surface area (Å²) in [5.41, 5.74) is 0.935. The molecule has 1 aromatic carbocycles. The number of thioether (sulfide) groups is 1. The van der Waals surface area contributed by atoms with E-state index in [-0.39, 0.29) is 0 Å².